The van der Waals surface area contributed by atoms with Gasteiger partial charge < -0.3 is 4.74 Å². The van der Waals surface area contributed by atoms with Crippen LogP contribution in [0.3, 0.4) is 0 Å². The average Bonchev–Trinajstić information content (AvgIpc) is 3.16. The zero-order chi connectivity index (χ0) is 16.4. The highest BCUT2D eigenvalue weighted by Crippen LogP contribution is 2.42. The van der Waals surface area contributed by atoms with Crippen molar-refractivity contribution in [3.8, 4) is 5.75 Å². The predicted octanol–water partition coefficient (Wildman–Crippen LogP) is 5.04. The van der Waals surface area contributed by atoms with Gasteiger partial charge >= 0.3 is 0 Å². The van der Waals surface area contributed by atoms with Crippen molar-refractivity contribution >= 4 is 68.1 Å². The summed E-state index contributed by atoms with van der Waals surface area (Å²) in [5, 5.41) is 7.39. The van der Waals surface area contributed by atoms with E-state index in [4.69, 9.17) is 27.9 Å². The first-order chi connectivity index (χ1) is 11.1. The van der Waals surface area contributed by atoms with Gasteiger partial charge in [-0.15, -0.1) is 22.7 Å². The van der Waals surface area contributed by atoms with Gasteiger partial charge in [0.2, 0.25) is 0 Å². The molecule has 118 valence electrons. The predicted molar refractivity (Wildman–Crippen MR) is 97.8 cm³/mol. The number of nitrogens with zero attached hydrogens (tertiary/aromatic N) is 1. The molecule has 0 bridgehead atoms. The summed E-state index contributed by atoms with van der Waals surface area (Å²) in [4.78, 5) is 13.6. The monoisotopic (exact) mass is 384 g/mol. The highest BCUT2D eigenvalue weighted by atomic mass is 35.5. The normalized spacial score (nSPS) is 11.3. The summed E-state index contributed by atoms with van der Waals surface area (Å²) in [5.74, 6) is 0.166. The molecule has 1 N–H and O–H groups in total. The number of methoxy groups -OCH3 is 1. The third kappa shape index (κ3) is 3.21. The van der Waals surface area contributed by atoms with Gasteiger partial charge in [-0.2, -0.15) is 5.10 Å². The molecule has 0 radical (unpaired) electrons. The zero-order valence-electron chi connectivity index (χ0n) is 11.8. The molecule has 2 heterocycles. The van der Waals surface area contributed by atoms with Crippen LogP contribution in [0.1, 0.15) is 14.5 Å². The van der Waals surface area contributed by atoms with Crippen molar-refractivity contribution < 1.29 is 9.53 Å². The number of carbonyl (C=O) groups is 1. The standard InChI is InChI=1S/C15H10Cl2N2O2S2/c1-21-10-5-4-9-11(16)14(23-13(9)12(10)17)15(20)19-18-7-8-3-2-6-22-8/h2-7H,1H3,(H,19,20)/b18-7+. The minimum absolute atomic E-state index is 0.360. The topological polar surface area (TPSA) is 50.7 Å². The number of ether oxygens (including phenoxy) is 1. The third-order valence-corrected chi connectivity index (χ3v) is 6.05. The van der Waals surface area contributed by atoms with E-state index in [0.717, 1.165) is 10.3 Å². The van der Waals surface area contributed by atoms with Crippen LogP contribution in [-0.4, -0.2) is 19.2 Å². The molecule has 1 aromatic carbocycles. The Labute approximate surface area is 150 Å². The van der Waals surface area contributed by atoms with Crippen molar-refractivity contribution in [1.29, 1.82) is 0 Å². The quantitative estimate of drug-likeness (QED) is 0.505. The van der Waals surface area contributed by atoms with Crippen LogP contribution >= 0.6 is 45.9 Å². The van der Waals surface area contributed by atoms with Gasteiger partial charge in [-0.3, -0.25) is 4.79 Å². The van der Waals surface area contributed by atoms with Crippen molar-refractivity contribution in [3.05, 3.63) is 49.4 Å². The van der Waals surface area contributed by atoms with E-state index in [9.17, 15) is 4.79 Å². The van der Waals surface area contributed by atoms with Crippen LogP contribution in [0.15, 0.2) is 34.7 Å². The van der Waals surface area contributed by atoms with Crippen LogP contribution in [0.25, 0.3) is 10.1 Å². The van der Waals surface area contributed by atoms with Crippen molar-refractivity contribution in [2.75, 3.05) is 7.11 Å². The number of hydrogen-bond acceptors (Lipinski definition) is 5. The van der Waals surface area contributed by atoms with Crippen molar-refractivity contribution in [3.63, 3.8) is 0 Å². The fraction of sp³-hybridized carbons (Fsp3) is 0.0667. The van der Waals surface area contributed by atoms with E-state index in [1.54, 1.807) is 18.3 Å². The van der Waals surface area contributed by atoms with Gasteiger partial charge in [0.25, 0.3) is 5.91 Å². The minimum atomic E-state index is -0.376. The Morgan fingerprint density at radius 2 is 2.13 bits per heavy atom. The Morgan fingerprint density at radius 3 is 2.83 bits per heavy atom. The highest BCUT2D eigenvalue weighted by molar-refractivity contribution is 7.22. The summed E-state index contributed by atoms with van der Waals surface area (Å²) in [7, 11) is 1.54. The Hall–Kier alpha value is -1.60. The number of halogens is 2. The zero-order valence-corrected chi connectivity index (χ0v) is 14.9. The molecule has 1 amide bonds. The van der Waals surface area contributed by atoms with E-state index in [1.807, 2.05) is 17.5 Å². The van der Waals surface area contributed by atoms with Gasteiger partial charge in [0.05, 0.1) is 23.0 Å². The lowest BCUT2D eigenvalue weighted by molar-refractivity contribution is 0.0959. The van der Waals surface area contributed by atoms with Crippen molar-refractivity contribution in [2.45, 2.75) is 0 Å². The fourth-order valence-electron chi connectivity index (χ4n) is 1.95. The summed E-state index contributed by atoms with van der Waals surface area (Å²) in [6.07, 6.45) is 1.58. The molecule has 3 aromatic rings. The van der Waals surface area contributed by atoms with Crippen molar-refractivity contribution in [1.82, 2.24) is 5.43 Å². The molecule has 23 heavy (non-hydrogen) atoms. The average molecular weight is 385 g/mol. The smallest absolute Gasteiger partial charge is 0.283 e. The molecule has 2 aromatic heterocycles. The van der Waals surface area contributed by atoms with Gasteiger partial charge in [-0.25, -0.2) is 5.43 Å². The maximum atomic E-state index is 12.3. The van der Waals surface area contributed by atoms with E-state index in [2.05, 4.69) is 10.5 Å². The SMILES string of the molecule is COc1ccc2c(Cl)c(C(=O)N/N=C/c3cccs3)sc2c1Cl. The number of rotatable bonds is 4. The molecule has 3 rings (SSSR count). The van der Waals surface area contributed by atoms with E-state index in [0.29, 0.717) is 25.4 Å². The summed E-state index contributed by atoms with van der Waals surface area (Å²) in [5.41, 5.74) is 2.48. The van der Waals surface area contributed by atoms with Crippen LogP contribution in [0.2, 0.25) is 10.0 Å². The summed E-state index contributed by atoms with van der Waals surface area (Å²) >= 11 is 15.3. The molecule has 0 spiro atoms. The van der Waals surface area contributed by atoms with E-state index < -0.39 is 0 Å². The maximum Gasteiger partial charge on any atom is 0.283 e. The molecule has 4 nitrogen and oxygen atoms in total. The molecule has 0 fully saturated rings. The number of nitrogens with one attached hydrogen (secondary N) is 1. The Bertz CT molecular complexity index is 889. The molecule has 0 aliphatic heterocycles. The van der Waals surface area contributed by atoms with Gasteiger partial charge in [-0.1, -0.05) is 29.3 Å². The molecule has 0 saturated carbocycles. The molecule has 0 aliphatic rings. The van der Waals surface area contributed by atoms with Crippen LogP contribution in [0, 0.1) is 0 Å². The molecule has 0 unspecified atom stereocenters. The minimum Gasteiger partial charge on any atom is -0.495 e. The lowest BCUT2D eigenvalue weighted by Gasteiger charge is -2.02. The van der Waals surface area contributed by atoms with Crippen LogP contribution in [0.4, 0.5) is 0 Å². The number of thiophene rings is 2. The second kappa shape index (κ2) is 6.88. The number of benzene rings is 1. The molecular weight excluding hydrogens is 375 g/mol. The fourth-order valence-corrected chi connectivity index (χ4v) is 4.32. The molecule has 0 atom stereocenters. The van der Waals surface area contributed by atoms with Gasteiger partial charge in [0.1, 0.15) is 15.6 Å². The largest absolute Gasteiger partial charge is 0.495 e. The number of carbonyl (C=O) groups excluding carboxylic acids is 1. The number of amides is 1. The lowest BCUT2D eigenvalue weighted by Crippen LogP contribution is -2.16. The van der Waals surface area contributed by atoms with Gasteiger partial charge in [-0.05, 0) is 23.6 Å². The van der Waals surface area contributed by atoms with E-state index in [-0.39, 0.29) is 5.91 Å². The highest BCUT2D eigenvalue weighted by Gasteiger charge is 2.20. The Balaban J connectivity index is 1.88. The second-order valence-electron chi connectivity index (χ2n) is 4.42. The lowest BCUT2D eigenvalue weighted by atomic mass is 10.2. The van der Waals surface area contributed by atoms with Crippen molar-refractivity contribution in [2.24, 2.45) is 5.10 Å². The molecule has 8 heteroatoms. The molecule has 0 aliphatic carbocycles. The number of hydrogen-bond donors (Lipinski definition) is 1. The Morgan fingerprint density at radius 1 is 1.30 bits per heavy atom. The first-order valence-corrected chi connectivity index (χ1v) is 8.88. The van der Waals surface area contributed by atoms with E-state index >= 15 is 0 Å². The van der Waals surface area contributed by atoms with Crippen LogP contribution < -0.4 is 10.2 Å². The van der Waals surface area contributed by atoms with Crippen LogP contribution in [-0.2, 0) is 0 Å². The second-order valence-corrected chi connectivity index (χ2v) is 7.17. The number of fused-ring (bicyclic) bond motifs is 1. The number of hydrazone groups is 1. The third-order valence-electron chi connectivity index (χ3n) is 3.03. The van der Waals surface area contributed by atoms with Crippen LogP contribution in [0.5, 0.6) is 5.75 Å². The molecule has 0 saturated heterocycles. The first kappa shape index (κ1) is 16.3. The maximum absolute atomic E-state index is 12.3. The Kier molecular flexibility index (Phi) is 4.87. The van der Waals surface area contributed by atoms with E-state index in [1.165, 1.54) is 29.8 Å². The first-order valence-electron chi connectivity index (χ1n) is 6.43. The van der Waals surface area contributed by atoms with Gasteiger partial charge in [0.15, 0.2) is 0 Å². The molecular formula is C15H10Cl2N2O2S2. The summed E-state index contributed by atoms with van der Waals surface area (Å²) < 4.78 is 5.89. The summed E-state index contributed by atoms with van der Waals surface area (Å²) in [6.45, 7) is 0. The summed E-state index contributed by atoms with van der Waals surface area (Å²) in [6, 6.07) is 7.31. The van der Waals surface area contributed by atoms with Gasteiger partial charge in [0, 0.05) is 10.3 Å².